The van der Waals surface area contributed by atoms with Crippen molar-refractivity contribution in [3.8, 4) is 5.88 Å². The number of nitrogens with zero attached hydrogens (tertiary/aromatic N) is 7. The molecule has 2 saturated heterocycles. The van der Waals surface area contributed by atoms with E-state index < -0.39 is 39.7 Å². The van der Waals surface area contributed by atoms with Crippen LogP contribution in [-0.4, -0.2) is 98.8 Å². The third-order valence-corrected chi connectivity index (χ3v) is 14.9. The Kier molecular flexibility index (Phi) is 12.5. The predicted molar refractivity (Wildman–Crippen MR) is 232 cm³/mol. The highest BCUT2D eigenvalue weighted by Crippen LogP contribution is 2.38. The Bertz CT molecular complexity index is 2770. The van der Waals surface area contributed by atoms with Crippen molar-refractivity contribution in [2.45, 2.75) is 113 Å². The van der Waals surface area contributed by atoms with Gasteiger partial charge in [0.15, 0.2) is 5.65 Å². The van der Waals surface area contributed by atoms with Crippen molar-refractivity contribution in [2.75, 3.05) is 38.1 Å². The number of imide groups is 1. The molecule has 2 aliphatic carbocycles. The third kappa shape index (κ3) is 9.50. The maximum atomic E-state index is 13.8. The van der Waals surface area contributed by atoms with Crippen LogP contribution in [0.2, 0.25) is 0 Å². The molecule has 3 aromatic heterocycles. The summed E-state index contributed by atoms with van der Waals surface area (Å²) in [5.41, 5.74) is 2.31. The van der Waals surface area contributed by atoms with E-state index in [0.717, 1.165) is 80.8 Å². The molecule has 1 atom stereocenters. The van der Waals surface area contributed by atoms with Crippen molar-refractivity contribution in [2.24, 2.45) is 13.0 Å². The topological polar surface area (TPSA) is 196 Å². The number of alkyl halides is 3. The van der Waals surface area contributed by atoms with Gasteiger partial charge in [-0.3, -0.25) is 24.0 Å². The number of sulfonamides is 1. The molecule has 4 aliphatic rings. The predicted octanol–water partition coefficient (Wildman–Crippen LogP) is 5.49. The Morgan fingerprint density at radius 3 is 2.38 bits per heavy atom. The second-order valence-electron chi connectivity index (χ2n) is 17.8. The summed E-state index contributed by atoms with van der Waals surface area (Å²) in [6, 6.07) is 9.86. The lowest BCUT2D eigenvalue weighted by atomic mass is 9.85. The first-order chi connectivity index (χ1) is 31.1. The zero-order valence-corrected chi connectivity index (χ0v) is 37.1. The first-order valence-corrected chi connectivity index (χ1v) is 23.8. The van der Waals surface area contributed by atoms with Crippen molar-refractivity contribution in [3.63, 3.8) is 0 Å². The Morgan fingerprint density at radius 1 is 0.923 bits per heavy atom. The normalized spacial score (nSPS) is 21.8. The third-order valence-electron chi connectivity index (χ3n) is 13.4. The lowest BCUT2D eigenvalue weighted by Crippen LogP contribution is -2.44. The number of amides is 2. The summed E-state index contributed by atoms with van der Waals surface area (Å²) in [4.78, 5) is 48.0. The summed E-state index contributed by atoms with van der Waals surface area (Å²) in [5, 5.41) is 9.56. The van der Waals surface area contributed by atoms with Gasteiger partial charge in [-0.25, -0.2) is 22.9 Å². The van der Waals surface area contributed by atoms with Crippen molar-refractivity contribution in [3.05, 3.63) is 69.9 Å². The molecule has 5 aromatic rings. The molecule has 65 heavy (non-hydrogen) atoms. The number of ether oxygens (including phenoxy) is 2. The van der Waals surface area contributed by atoms with Crippen LogP contribution in [0.4, 0.5) is 24.8 Å². The van der Waals surface area contributed by atoms with Crippen LogP contribution in [0.3, 0.4) is 0 Å². The van der Waals surface area contributed by atoms with E-state index >= 15 is 0 Å². The van der Waals surface area contributed by atoms with E-state index in [4.69, 9.17) is 9.47 Å². The Labute approximate surface area is 373 Å². The smallest absolute Gasteiger partial charge is 0.438 e. The second-order valence-corrected chi connectivity index (χ2v) is 19.6. The fourth-order valence-corrected chi connectivity index (χ4v) is 10.6. The van der Waals surface area contributed by atoms with Gasteiger partial charge >= 0.3 is 11.9 Å². The molecule has 21 heteroatoms. The molecule has 2 aliphatic heterocycles. The monoisotopic (exact) mass is 922 g/mol. The van der Waals surface area contributed by atoms with Crippen molar-refractivity contribution in [1.29, 1.82) is 0 Å². The summed E-state index contributed by atoms with van der Waals surface area (Å²) >= 11 is 0. The Balaban J connectivity index is 0.710. The Morgan fingerprint density at radius 2 is 1.69 bits per heavy atom. The maximum Gasteiger partial charge on any atom is 0.438 e. The van der Waals surface area contributed by atoms with E-state index in [1.807, 2.05) is 6.07 Å². The van der Waals surface area contributed by atoms with Crippen LogP contribution in [-0.2, 0) is 37.6 Å². The minimum Gasteiger partial charge on any atom is -0.473 e. The van der Waals surface area contributed by atoms with Crippen LogP contribution in [0.25, 0.3) is 16.7 Å². The number of hydrogen-bond donors (Lipinski definition) is 3. The van der Waals surface area contributed by atoms with E-state index in [1.54, 1.807) is 24.6 Å². The molecular weight excluding hydrogens is 870 g/mol. The van der Waals surface area contributed by atoms with Crippen LogP contribution in [0.5, 0.6) is 5.88 Å². The van der Waals surface area contributed by atoms with Gasteiger partial charge in [0.1, 0.15) is 12.1 Å². The zero-order chi connectivity index (χ0) is 45.6. The van der Waals surface area contributed by atoms with Gasteiger partial charge in [-0.15, -0.1) is 5.10 Å². The molecule has 348 valence electrons. The summed E-state index contributed by atoms with van der Waals surface area (Å²) in [6.45, 7) is 5.04. The fraction of sp³-hybridized carbons (Fsp3) is 0.545. The second kappa shape index (κ2) is 18.1. The molecule has 9 rings (SSSR count). The average molecular weight is 923 g/mol. The van der Waals surface area contributed by atoms with Gasteiger partial charge in [-0.2, -0.15) is 22.7 Å². The highest BCUT2D eigenvalue weighted by molar-refractivity contribution is 7.89. The van der Waals surface area contributed by atoms with E-state index in [2.05, 4.69) is 47.5 Å². The van der Waals surface area contributed by atoms with Gasteiger partial charge < -0.3 is 19.7 Å². The fourth-order valence-electron chi connectivity index (χ4n) is 9.54. The first kappa shape index (κ1) is 44.8. The summed E-state index contributed by atoms with van der Waals surface area (Å²) in [5.74, 6) is -0.338. The number of benzene rings is 2. The summed E-state index contributed by atoms with van der Waals surface area (Å²) in [6.07, 6.45) is 4.50. The minimum absolute atomic E-state index is 0.00167. The molecule has 0 spiro atoms. The molecule has 2 aromatic carbocycles. The highest BCUT2D eigenvalue weighted by atomic mass is 32.2. The molecule has 17 nitrogen and oxygen atoms in total. The van der Waals surface area contributed by atoms with Crippen molar-refractivity contribution in [1.82, 2.24) is 43.7 Å². The van der Waals surface area contributed by atoms with Gasteiger partial charge in [-0.1, -0.05) is 6.07 Å². The number of piperidine rings is 2. The summed E-state index contributed by atoms with van der Waals surface area (Å²) in [7, 11) is -2.14. The van der Waals surface area contributed by atoms with Gasteiger partial charge in [0.25, 0.3) is 0 Å². The number of hydrogen-bond acceptors (Lipinski definition) is 12. The number of aromatic nitrogens is 6. The lowest BCUT2D eigenvalue weighted by Gasteiger charge is -2.36. The molecule has 3 N–H and O–H groups in total. The van der Waals surface area contributed by atoms with E-state index in [-0.39, 0.29) is 59.9 Å². The number of fused-ring (bicyclic) bond motifs is 2. The molecule has 2 amide bonds. The average Bonchev–Trinajstić information content (AvgIpc) is 3.78. The van der Waals surface area contributed by atoms with Crippen LogP contribution >= 0.6 is 0 Å². The summed E-state index contributed by atoms with van der Waals surface area (Å²) < 4.78 is 86.2. The van der Waals surface area contributed by atoms with Gasteiger partial charge in [-0.05, 0) is 138 Å². The quantitative estimate of drug-likeness (QED) is 0.0938. The number of nitrogens with one attached hydrogen (secondary N) is 3. The highest BCUT2D eigenvalue weighted by Gasteiger charge is 2.40. The standard InChI is InChI=1S/C44H53F3N10O7S/c1-26-22-32(11-12-33(26)50-42-51-37-24-48-39(44(45,46)47)41(57(37)53-42)64-31-4-3-5-31)65(61,62)49-18-21-63-30-9-6-27(7-10-30)25-55-19-16-28(17-20-55)29-8-13-34-36(23-29)54(2)43(60)56(34)35-14-15-38(58)52-40(35)59/h8,11-13,22-24,27-28,30-31,35,49H,3-7,9-10,14-21,25H2,1-2H3,(H,50,53)(H,52,58,59). The molecule has 2 saturated carbocycles. The molecule has 0 bridgehead atoms. The molecule has 5 heterocycles. The van der Waals surface area contributed by atoms with Gasteiger partial charge in [0.2, 0.25) is 39.4 Å². The van der Waals surface area contributed by atoms with Crippen molar-refractivity contribution < 1.29 is 40.7 Å². The van der Waals surface area contributed by atoms with Crippen LogP contribution in [0, 0.1) is 12.8 Å². The van der Waals surface area contributed by atoms with Crippen molar-refractivity contribution >= 4 is 50.2 Å². The number of likely N-dealkylation sites (tertiary alicyclic amines) is 1. The lowest BCUT2D eigenvalue weighted by molar-refractivity contribution is -0.144. The van der Waals surface area contributed by atoms with E-state index in [1.165, 1.54) is 22.3 Å². The number of halogens is 3. The molecule has 0 radical (unpaired) electrons. The zero-order valence-electron chi connectivity index (χ0n) is 36.3. The Hall–Kier alpha value is -5.38. The maximum absolute atomic E-state index is 13.8. The number of carbonyl (C=O) groups is 2. The number of aryl methyl sites for hydroxylation is 2. The van der Waals surface area contributed by atoms with Crippen LogP contribution < -0.4 is 25.8 Å². The SMILES string of the molecule is Cc1cc(S(=O)(=O)NCCOC2CCC(CN3CCC(c4ccc5c(c4)n(C)c(=O)n5C4CCC(=O)NC4=O)CC3)CC2)ccc1Nc1nc2cnc(C(F)(F)F)c(OC3CCC3)n2n1. The van der Waals surface area contributed by atoms with Gasteiger partial charge in [0.05, 0.1) is 34.8 Å². The molecule has 1 unspecified atom stereocenters. The largest absolute Gasteiger partial charge is 0.473 e. The first-order valence-electron chi connectivity index (χ1n) is 22.4. The number of imidazole rings is 1. The van der Waals surface area contributed by atoms with Crippen LogP contribution in [0.1, 0.15) is 99.4 Å². The minimum atomic E-state index is -4.75. The van der Waals surface area contributed by atoms with E-state index in [9.17, 15) is 36.0 Å². The van der Waals surface area contributed by atoms with Gasteiger partial charge in [0, 0.05) is 32.2 Å². The van der Waals surface area contributed by atoms with E-state index in [0.29, 0.717) is 47.9 Å². The number of anilines is 2. The number of carbonyl (C=O) groups excluding carboxylic acids is 2. The number of rotatable bonds is 14. The van der Waals surface area contributed by atoms with Crippen LogP contribution in [0.15, 0.2) is 52.3 Å². The molecular formula is C44H53F3N10O7S. The molecule has 4 fully saturated rings.